The lowest BCUT2D eigenvalue weighted by Crippen LogP contribution is -1.76. The largest absolute Gasteiger partial charge is 0.396 e. The summed E-state index contributed by atoms with van der Waals surface area (Å²) in [6.07, 6.45) is 4.38. The minimum Gasteiger partial charge on any atom is -0.396 e. The maximum Gasteiger partial charge on any atom is 0.0465 e. The predicted molar refractivity (Wildman–Crippen MR) is 56.0 cm³/mol. The molecule has 0 saturated heterocycles. The molecular weight excluding hydrogens is 178 g/mol. The minimum atomic E-state index is 0.145. The first kappa shape index (κ1) is 10.3. The molecule has 0 bridgehead atoms. The van der Waals surface area contributed by atoms with Gasteiger partial charge in [-0.25, -0.2) is 0 Å². The predicted octanol–water partition coefficient (Wildman–Crippen LogP) is 3.02. The Labute approximate surface area is 82.1 Å². The number of hydrogen-bond donors (Lipinski definition) is 1. The van der Waals surface area contributed by atoms with Gasteiger partial charge in [-0.05, 0) is 23.6 Å². The number of aliphatic hydroxyl groups is 1. The number of aliphatic hydroxyl groups excluding tert-OH is 1. The van der Waals surface area contributed by atoms with Crippen molar-refractivity contribution < 1.29 is 5.11 Å². The van der Waals surface area contributed by atoms with Crippen molar-refractivity contribution in [1.82, 2.24) is 0 Å². The van der Waals surface area contributed by atoms with Gasteiger partial charge in [-0.1, -0.05) is 35.5 Å². The second-order valence-electron chi connectivity index (χ2n) is 2.70. The summed E-state index contributed by atoms with van der Waals surface area (Å²) in [4.78, 5) is 2.70. The van der Waals surface area contributed by atoms with Gasteiger partial charge in [0.25, 0.3) is 0 Å². The standard InChI is InChI=1S/C10H11N3O/c11-13-12-10-6-3-5-9(8-10)4-1-2-7-14/h1,3-6,8,14H,2,7H2. The molecule has 0 fully saturated rings. The van der Waals surface area contributed by atoms with Crippen LogP contribution in [0.25, 0.3) is 16.5 Å². The summed E-state index contributed by atoms with van der Waals surface area (Å²) in [5.41, 5.74) is 9.79. The van der Waals surface area contributed by atoms with Gasteiger partial charge < -0.3 is 5.11 Å². The van der Waals surface area contributed by atoms with Gasteiger partial charge in [0, 0.05) is 17.2 Å². The van der Waals surface area contributed by atoms with E-state index < -0.39 is 0 Å². The van der Waals surface area contributed by atoms with Gasteiger partial charge in [-0.15, -0.1) is 0 Å². The normalized spacial score (nSPS) is 10.1. The molecule has 1 rings (SSSR count). The number of azide groups is 1. The zero-order valence-electron chi connectivity index (χ0n) is 7.67. The van der Waals surface area contributed by atoms with E-state index in [-0.39, 0.29) is 6.61 Å². The lowest BCUT2D eigenvalue weighted by Gasteiger charge is -1.94. The van der Waals surface area contributed by atoms with Crippen LogP contribution < -0.4 is 0 Å². The van der Waals surface area contributed by atoms with Crippen molar-refractivity contribution in [3.8, 4) is 0 Å². The molecule has 1 aromatic carbocycles. The Balaban J connectivity index is 2.77. The average Bonchev–Trinajstić information content (AvgIpc) is 2.19. The smallest absolute Gasteiger partial charge is 0.0465 e. The molecule has 0 aliphatic heterocycles. The first-order chi connectivity index (χ1) is 6.86. The highest BCUT2D eigenvalue weighted by atomic mass is 16.2. The van der Waals surface area contributed by atoms with Gasteiger partial charge in [-0.2, -0.15) is 0 Å². The van der Waals surface area contributed by atoms with Crippen LogP contribution in [0, 0.1) is 0 Å². The third kappa shape index (κ3) is 3.31. The molecule has 0 atom stereocenters. The van der Waals surface area contributed by atoms with Crippen LogP contribution in [-0.4, -0.2) is 11.7 Å². The quantitative estimate of drug-likeness (QED) is 0.441. The summed E-state index contributed by atoms with van der Waals surface area (Å²) in [6, 6.07) is 7.25. The molecule has 0 unspecified atom stereocenters. The van der Waals surface area contributed by atoms with Gasteiger partial charge in [0.05, 0.1) is 0 Å². The molecule has 14 heavy (non-hydrogen) atoms. The van der Waals surface area contributed by atoms with Crippen LogP contribution in [0.4, 0.5) is 5.69 Å². The zero-order valence-corrected chi connectivity index (χ0v) is 7.67. The molecular formula is C10H11N3O. The summed E-state index contributed by atoms with van der Waals surface area (Å²) in [6.45, 7) is 0.145. The fourth-order valence-corrected chi connectivity index (χ4v) is 1.04. The molecule has 0 aliphatic carbocycles. The van der Waals surface area contributed by atoms with Crippen LogP contribution in [0.15, 0.2) is 35.5 Å². The highest BCUT2D eigenvalue weighted by molar-refractivity contribution is 5.55. The monoisotopic (exact) mass is 189 g/mol. The number of hydrogen-bond acceptors (Lipinski definition) is 2. The van der Waals surface area contributed by atoms with Crippen molar-refractivity contribution in [1.29, 1.82) is 0 Å². The van der Waals surface area contributed by atoms with E-state index in [4.69, 9.17) is 10.6 Å². The summed E-state index contributed by atoms with van der Waals surface area (Å²) >= 11 is 0. The van der Waals surface area contributed by atoms with E-state index in [9.17, 15) is 0 Å². The van der Waals surface area contributed by atoms with Crippen LogP contribution in [-0.2, 0) is 0 Å². The maximum absolute atomic E-state index is 8.57. The second-order valence-corrected chi connectivity index (χ2v) is 2.70. The van der Waals surface area contributed by atoms with Crippen molar-refractivity contribution in [2.45, 2.75) is 6.42 Å². The molecule has 0 saturated carbocycles. The van der Waals surface area contributed by atoms with Crippen molar-refractivity contribution in [2.24, 2.45) is 5.11 Å². The molecule has 0 amide bonds. The Morgan fingerprint density at radius 2 is 2.36 bits per heavy atom. The fourth-order valence-electron chi connectivity index (χ4n) is 1.04. The van der Waals surface area contributed by atoms with E-state index in [1.54, 1.807) is 12.1 Å². The topological polar surface area (TPSA) is 69.0 Å². The highest BCUT2D eigenvalue weighted by Crippen LogP contribution is 2.15. The average molecular weight is 189 g/mol. The summed E-state index contributed by atoms with van der Waals surface area (Å²) < 4.78 is 0. The summed E-state index contributed by atoms with van der Waals surface area (Å²) in [7, 11) is 0. The zero-order chi connectivity index (χ0) is 10.2. The van der Waals surface area contributed by atoms with Crippen molar-refractivity contribution in [2.75, 3.05) is 6.61 Å². The lowest BCUT2D eigenvalue weighted by atomic mass is 10.2. The lowest BCUT2D eigenvalue weighted by molar-refractivity contribution is 0.303. The SMILES string of the molecule is [N-]=[N+]=Nc1cccc(C=CCCO)c1. The van der Waals surface area contributed by atoms with E-state index in [1.165, 1.54) is 0 Å². The molecule has 4 nitrogen and oxygen atoms in total. The van der Waals surface area contributed by atoms with E-state index in [0.717, 1.165) is 5.56 Å². The molecule has 1 N–H and O–H groups in total. The Hall–Kier alpha value is -1.77. The first-order valence-electron chi connectivity index (χ1n) is 4.29. The summed E-state index contributed by atoms with van der Waals surface area (Å²) in [5.74, 6) is 0. The van der Waals surface area contributed by atoms with Crippen molar-refractivity contribution >= 4 is 11.8 Å². The third-order valence-electron chi connectivity index (χ3n) is 1.64. The molecule has 0 spiro atoms. The molecule has 0 heterocycles. The van der Waals surface area contributed by atoms with Gasteiger partial charge in [-0.3, -0.25) is 0 Å². The van der Waals surface area contributed by atoms with Gasteiger partial charge in [0.15, 0.2) is 0 Å². The molecule has 1 aromatic rings. The Morgan fingerprint density at radius 3 is 3.07 bits per heavy atom. The molecule has 72 valence electrons. The molecule has 0 aliphatic rings. The number of benzene rings is 1. The van der Waals surface area contributed by atoms with Crippen LogP contribution in [0.1, 0.15) is 12.0 Å². The van der Waals surface area contributed by atoms with Gasteiger partial charge in [0.1, 0.15) is 0 Å². The fraction of sp³-hybridized carbons (Fsp3) is 0.200. The van der Waals surface area contributed by atoms with E-state index in [1.807, 2.05) is 24.3 Å². The third-order valence-corrected chi connectivity index (χ3v) is 1.64. The van der Waals surface area contributed by atoms with Crippen LogP contribution in [0.5, 0.6) is 0 Å². The molecule has 0 aromatic heterocycles. The van der Waals surface area contributed by atoms with E-state index in [2.05, 4.69) is 10.0 Å². The molecule has 0 radical (unpaired) electrons. The Bertz CT molecular complexity index is 367. The Morgan fingerprint density at radius 1 is 1.50 bits per heavy atom. The van der Waals surface area contributed by atoms with E-state index in [0.29, 0.717) is 12.1 Å². The van der Waals surface area contributed by atoms with Crippen LogP contribution in [0.3, 0.4) is 0 Å². The van der Waals surface area contributed by atoms with E-state index >= 15 is 0 Å². The first-order valence-corrected chi connectivity index (χ1v) is 4.29. The summed E-state index contributed by atoms with van der Waals surface area (Å²) in [5, 5.41) is 12.1. The molecule has 4 heteroatoms. The number of rotatable bonds is 4. The van der Waals surface area contributed by atoms with Crippen LogP contribution in [0.2, 0.25) is 0 Å². The van der Waals surface area contributed by atoms with Gasteiger partial charge in [0.2, 0.25) is 0 Å². The van der Waals surface area contributed by atoms with Crippen LogP contribution >= 0.6 is 0 Å². The second kappa shape index (κ2) is 5.80. The highest BCUT2D eigenvalue weighted by Gasteiger charge is 1.89. The minimum absolute atomic E-state index is 0.145. The van der Waals surface area contributed by atoms with Crippen molar-refractivity contribution in [3.05, 3.63) is 46.3 Å². The maximum atomic E-state index is 8.57. The number of nitrogens with zero attached hydrogens (tertiary/aromatic N) is 3. The Kier molecular flexibility index (Phi) is 4.27. The van der Waals surface area contributed by atoms with Gasteiger partial charge >= 0.3 is 0 Å². The van der Waals surface area contributed by atoms with Crippen molar-refractivity contribution in [3.63, 3.8) is 0 Å².